The van der Waals surface area contributed by atoms with E-state index in [9.17, 15) is 0 Å². The number of hydrogen-bond donors (Lipinski definition) is 2. The number of ether oxygens (including phenoxy) is 1. The fourth-order valence-corrected chi connectivity index (χ4v) is 2.12. The van der Waals surface area contributed by atoms with Gasteiger partial charge in [0.2, 0.25) is 0 Å². The highest BCUT2D eigenvalue weighted by atomic mass is 16.5. The standard InChI is InChI=1S/C16H15N3O/c1-20-12-7-8-13(17)15(10-12)19-14-6-2-4-11-5-3-9-18-16(11)14/h2-10,19H,17H2,1H3. The van der Waals surface area contributed by atoms with Crippen molar-refractivity contribution in [2.75, 3.05) is 18.2 Å². The topological polar surface area (TPSA) is 60.2 Å². The van der Waals surface area contributed by atoms with Crippen LogP contribution in [0.15, 0.2) is 54.7 Å². The highest BCUT2D eigenvalue weighted by Crippen LogP contribution is 2.30. The normalized spacial score (nSPS) is 10.4. The summed E-state index contributed by atoms with van der Waals surface area (Å²) in [4.78, 5) is 4.42. The molecule has 20 heavy (non-hydrogen) atoms. The van der Waals surface area contributed by atoms with Crippen LogP contribution in [0.3, 0.4) is 0 Å². The zero-order chi connectivity index (χ0) is 13.9. The van der Waals surface area contributed by atoms with Gasteiger partial charge < -0.3 is 15.8 Å². The van der Waals surface area contributed by atoms with Crippen LogP contribution in [0.1, 0.15) is 0 Å². The van der Waals surface area contributed by atoms with Gasteiger partial charge in [0, 0.05) is 17.6 Å². The Morgan fingerprint density at radius 2 is 1.90 bits per heavy atom. The molecular weight excluding hydrogens is 250 g/mol. The number of nitrogens with one attached hydrogen (secondary N) is 1. The predicted molar refractivity (Wildman–Crippen MR) is 82.4 cm³/mol. The van der Waals surface area contributed by atoms with E-state index in [2.05, 4.69) is 10.3 Å². The summed E-state index contributed by atoms with van der Waals surface area (Å²) in [5.41, 5.74) is 9.30. The maximum Gasteiger partial charge on any atom is 0.121 e. The molecule has 1 aromatic heterocycles. The van der Waals surface area contributed by atoms with Crippen molar-refractivity contribution in [2.24, 2.45) is 0 Å². The lowest BCUT2D eigenvalue weighted by atomic mass is 10.1. The Bertz CT molecular complexity index is 750. The van der Waals surface area contributed by atoms with Gasteiger partial charge >= 0.3 is 0 Å². The quantitative estimate of drug-likeness (QED) is 0.711. The molecule has 3 N–H and O–H groups in total. The Balaban J connectivity index is 2.05. The van der Waals surface area contributed by atoms with Crippen LogP contribution in [-0.2, 0) is 0 Å². The largest absolute Gasteiger partial charge is 0.497 e. The van der Waals surface area contributed by atoms with Gasteiger partial charge in [0.25, 0.3) is 0 Å². The molecule has 100 valence electrons. The van der Waals surface area contributed by atoms with Crippen molar-refractivity contribution >= 4 is 28.0 Å². The average molecular weight is 265 g/mol. The van der Waals surface area contributed by atoms with Gasteiger partial charge in [-0.25, -0.2) is 0 Å². The number of hydrogen-bond acceptors (Lipinski definition) is 4. The van der Waals surface area contributed by atoms with Crippen molar-refractivity contribution in [3.8, 4) is 5.75 Å². The molecule has 3 rings (SSSR count). The van der Waals surface area contributed by atoms with Crippen molar-refractivity contribution in [1.29, 1.82) is 0 Å². The smallest absolute Gasteiger partial charge is 0.121 e. The number of anilines is 3. The van der Waals surface area contributed by atoms with Crippen molar-refractivity contribution in [3.05, 3.63) is 54.7 Å². The summed E-state index contributed by atoms with van der Waals surface area (Å²) in [6.07, 6.45) is 1.78. The maximum atomic E-state index is 6.00. The van der Waals surface area contributed by atoms with Crippen LogP contribution in [-0.4, -0.2) is 12.1 Å². The number of methoxy groups -OCH3 is 1. The fourth-order valence-electron chi connectivity index (χ4n) is 2.12. The maximum absolute atomic E-state index is 6.00. The Kier molecular flexibility index (Phi) is 3.13. The second-order valence-electron chi connectivity index (χ2n) is 4.46. The van der Waals surface area contributed by atoms with E-state index in [0.717, 1.165) is 28.0 Å². The number of nitrogen functional groups attached to an aromatic ring is 1. The minimum absolute atomic E-state index is 0.665. The molecule has 0 spiro atoms. The lowest BCUT2D eigenvalue weighted by Crippen LogP contribution is -1.98. The summed E-state index contributed by atoms with van der Waals surface area (Å²) in [6, 6.07) is 15.5. The van der Waals surface area contributed by atoms with Crippen LogP contribution >= 0.6 is 0 Å². The molecule has 4 nitrogen and oxygen atoms in total. The lowest BCUT2D eigenvalue weighted by molar-refractivity contribution is 0.415. The summed E-state index contributed by atoms with van der Waals surface area (Å²) in [5.74, 6) is 0.759. The van der Waals surface area contributed by atoms with Crippen LogP contribution in [0, 0.1) is 0 Å². The third-order valence-corrected chi connectivity index (χ3v) is 3.16. The molecule has 0 saturated heterocycles. The number of fused-ring (bicyclic) bond motifs is 1. The minimum Gasteiger partial charge on any atom is -0.497 e. The van der Waals surface area contributed by atoms with E-state index in [-0.39, 0.29) is 0 Å². The molecule has 0 saturated carbocycles. The van der Waals surface area contributed by atoms with E-state index in [4.69, 9.17) is 10.5 Å². The van der Waals surface area contributed by atoms with Gasteiger partial charge in [0.1, 0.15) is 5.75 Å². The third-order valence-electron chi connectivity index (χ3n) is 3.16. The number of aromatic nitrogens is 1. The summed E-state index contributed by atoms with van der Waals surface area (Å²) in [5, 5.41) is 4.40. The molecule has 0 fully saturated rings. The molecule has 3 aromatic rings. The first-order chi connectivity index (χ1) is 9.78. The molecule has 0 aliphatic carbocycles. The van der Waals surface area contributed by atoms with Gasteiger partial charge in [0.15, 0.2) is 0 Å². The van der Waals surface area contributed by atoms with Crippen LogP contribution in [0.4, 0.5) is 17.1 Å². The summed E-state index contributed by atoms with van der Waals surface area (Å²) in [7, 11) is 1.63. The van der Waals surface area contributed by atoms with Crippen molar-refractivity contribution < 1.29 is 4.74 Å². The van der Waals surface area contributed by atoms with E-state index in [1.165, 1.54) is 0 Å². The Labute approximate surface area is 117 Å². The van der Waals surface area contributed by atoms with Crippen molar-refractivity contribution in [1.82, 2.24) is 4.98 Å². The fraction of sp³-hybridized carbons (Fsp3) is 0.0625. The van der Waals surface area contributed by atoms with E-state index < -0.39 is 0 Å². The van der Waals surface area contributed by atoms with E-state index in [0.29, 0.717) is 5.69 Å². The van der Waals surface area contributed by atoms with E-state index >= 15 is 0 Å². The molecule has 0 unspecified atom stereocenters. The van der Waals surface area contributed by atoms with Crippen molar-refractivity contribution in [3.63, 3.8) is 0 Å². The summed E-state index contributed by atoms with van der Waals surface area (Å²) < 4.78 is 5.22. The zero-order valence-electron chi connectivity index (χ0n) is 11.1. The molecule has 0 radical (unpaired) electrons. The zero-order valence-corrected chi connectivity index (χ0v) is 11.1. The number of pyridine rings is 1. The van der Waals surface area contributed by atoms with E-state index in [1.807, 2.05) is 48.5 Å². The molecule has 4 heteroatoms. The van der Waals surface area contributed by atoms with Crippen molar-refractivity contribution in [2.45, 2.75) is 0 Å². The molecule has 0 amide bonds. The van der Waals surface area contributed by atoms with Crippen LogP contribution in [0.5, 0.6) is 5.75 Å². The van der Waals surface area contributed by atoms with E-state index in [1.54, 1.807) is 13.3 Å². The number of rotatable bonds is 3. The SMILES string of the molecule is COc1ccc(N)c(Nc2cccc3cccnc23)c1. The van der Waals surface area contributed by atoms with Gasteiger partial charge in [-0.1, -0.05) is 18.2 Å². The molecule has 0 atom stereocenters. The number of para-hydroxylation sites is 1. The number of nitrogens with zero attached hydrogens (tertiary/aromatic N) is 1. The Morgan fingerprint density at radius 1 is 1.05 bits per heavy atom. The number of nitrogens with two attached hydrogens (primary N) is 1. The monoisotopic (exact) mass is 265 g/mol. The second-order valence-corrected chi connectivity index (χ2v) is 4.46. The first-order valence-electron chi connectivity index (χ1n) is 6.32. The third kappa shape index (κ3) is 2.23. The molecule has 1 heterocycles. The first-order valence-corrected chi connectivity index (χ1v) is 6.32. The second kappa shape index (κ2) is 5.09. The van der Waals surface area contributed by atoms with Gasteiger partial charge in [-0.3, -0.25) is 4.98 Å². The minimum atomic E-state index is 0.665. The summed E-state index contributed by atoms with van der Waals surface area (Å²) in [6.45, 7) is 0. The lowest BCUT2D eigenvalue weighted by Gasteiger charge is -2.12. The van der Waals surface area contributed by atoms with Crippen LogP contribution in [0.2, 0.25) is 0 Å². The molecule has 0 aliphatic rings. The Hall–Kier alpha value is -2.75. The first kappa shape index (κ1) is 12.3. The highest BCUT2D eigenvalue weighted by Gasteiger charge is 2.05. The van der Waals surface area contributed by atoms with Gasteiger partial charge in [0.05, 0.1) is 29.7 Å². The van der Waals surface area contributed by atoms with Gasteiger partial charge in [-0.15, -0.1) is 0 Å². The average Bonchev–Trinajstić information content (AvgIpc) is 2.50. The predicted octanol–water partition coefficient (Wildman–Crippen LogP) is 3.57. The molecular formula is C16H15N3O. The summed E-state index contributed by atoms with van der Waals surface area (Å²) >= 11 is 0. The van der Waals surface area contributed by atoms with Crippen LogP contribution < -0.4 is 15.8 Å². The van der Waals surface area contributed by atoms with Gasteiger partial charge in [-0.2, -0.15) is 0 Å². The Morgan fingerprint density at radius 3 is 2.75 bits per heavy atom. The van der Waals surface area contributed by atoms with Crippen LogP contribution in [0.25, 0.3) is 10.9 Å². The molecule has 2 aromatic carbocycles. The van der Waals surface area contributed by atoms with Gasteiger partial charge in [-0.05, 0) is 24.3 Å². The number of benzene rings is 2. The molecule has 0 bridgehead atoms. The highest BCUT2D eigenvalue weighted by molar-refractivity contribution is 5.93. The molecule has 0 aliphatic heterocycles.